The van der Waals surface area contributed by atoms with Crippen molar-refractivity contribution in [3.8, 4) is 0 Å². The summed E-state index contributed by atoms with van der Waals surface area (Å²) in [5, 5.41) is 13.7. The minimum Gasteiger partial charge on any atom is -0.547 e. The van der Waals surface area contributed by atoms with Crippen molar-refractivity contribution in [1.82, 2.24) is 0 Å². The Bertz CT molecular complexity index is 1460. The molecule has 6 atom stereocenters. The van der Waals surface area contributed by atoms with Crippen molar-refractivity contribution in [2.75, 3.05) is 6.61 Å². The molecule has 0 amide bonds. The molecule has 49 heavy (non-hydrogen) atoms. The zero-order valence-corrected chi connectivity index (χ0v) is 33.3. The number of hydrogen-bond acceptors (Lipinski definition) is 5. The van der Waals surface area contributed by atoms with Crippen LogP contribution in [-0.2, 0) is 18.3 Å². The van der Waals surface area contributed by atoms with Crippen molar-refractivity contribution in [3.63, 3.8) is 0 Å². The molecular weight excluding hydrogens is 641 g/mol. The Kier molecular flexibility index (Phi) is 11.8. The summed E-state index contributed by atoms with van der Waals surface area (Å²) in [5.74, 6) is 0.679. The summed E-state index contributed by atoms with van der Waals surface area (Å²) in [5.41, 5.74) is 1.25. The normalized spacial score (nSPS) is 26.2. The molecule has 7 heteroatoms. The maximum Gasteiger partial charge on any atom is 0.261 e. The van der Waals surface area contributed by atoms with E-state index >= 15 is 0 Å². The van der Waals surface area contributed by atoms with Crippen LogP contribution in [0.5, 0.6) is 0 Å². The first-order chi connectivity index (χ1) is 23.1. The van der Waals surface area contributed by atoms with Gasteiger partial charge in [0.25, 0.3) is 8.32 Å². The van der Waals surface area contributed by atoms with Crippen LogP contribution >= 0.6 is 0 Å². The van der Waals surface area contributed by atoms with Crippen LogP contribution in [0.4, 0.5) is 0 Å². The summed E-state index contributed by atoms with van der Waals surface area (Å²) >= 11 is 0. The van der Waals surface area contributed by atoms with Crippen molar-refractivity contribution in [2.45, 2.75) is 122 Å². The predicted molar refractivity (Wildman–Crippen MR) is 206 cm³/mol. The van der Waals surface area contributed by atoms with Crippen LogP contribution in [0.2, 0.25) is 24.7 Å². The number of aliphatic hydroxyl groups is 1. The number of benzene rings is 3. The van der Waals surface area contributed by atoms with Gasteiger partial charge in [-0.05, 0) is 91.6 Å². The molecule has 3 aromatic rings. The van der Waals surface area contributed by atoms with Gasteiger partial charge in [0.05, 0.1) is 24.1 Å². The van der Waals surface area contributed by atoms with E-state index < -0.39 is 28.5 Å². The fraction of sp³-hybridized carbons (Fsp3) is 0.524. The van der Waals surface area contributed by atoms with Gasteiger partial charge in [-0.3, -0.25) is 0 Å². The maximum atomic E-state index is 11.2. The summed E-state index contributed by atoms with van der Waals surface area (Å²) in [6.07, 6.45) is 4.96. The maximum absolute atomic E-state index is 11.2. The van der Waals surface area contributed by atoms with Gasteiger partial charge in [-0.2, -0.15) is 0 Å². The Labute approximate surface area is 298 Å². The zero-order chi connectivity index (χ0) is 35.5. The molecule has 2 aliphatic rings. The standard InChI is InChI=1S/C42H60O5Si2/c1-31-37(40(32-19-13-10-14-20-32)39(30-38(31)43)47-48(7,8)9)26-25-33-29-34(46-42(5,6)45-33)27-28-44-49(41(2,3)4,35-21-15-11-16-22-35)36-23-17-12-18-24-36/h10-24,30-31,33-34,37-38,40,43H,25-29H2,1-9H3/t31-,33-,34+,37+,38+,40-/m1/s1. The molecule has 1 aliphatic carbocycles. The van der Waals surface area contributed by atoms with Crippen LogP contribution < -0.4 is 10.4 Å². The molecule has 1 saturated heterocycles. The number of ether oxygens (including phenoxy) is 2. The summed E-state index contributed by atoms with van der Waals surface area (Å²) in [4.78, 5) is 0. The molecule has 5 nitrogen and oxygen atoms in total. The van der Waals surface area contributed by atoms with Gasteiger partial charge in [0.15, 0.2) is 5.79 Å². The molecule has 5 rings (SSSR count). The molecule has 0 unspecified atom stereocenters. The second-order valence-corrected chi connectivity index (χ2v) is 25.4. The smallest absolute Gasteiger partial charge is 0.261 e. The first-order valence-corrected chi connectivity index (χ1v) is 23.7. The molecule has 1 fully saturated rings. The highest BCUT2D eigenvalue weighted by molar-refractivity contribution is 6.99. The molecule has 1 aliphatic heterocycles. The van der Waals surface area contributed by atoms with Gasteiger partial charge in [-0.1, -0.05) is 119 Å². The average molecular weight is 701 g/mol. The largest absolute Gasteiger partial charge is 0.547 e. The molecule has 1 heterocycles. The first kappa shape index (κ1) is 37.7. The second-order valence-electron chi connectivity index (χ2n) is 16.7. The minimum absolute atomic E-state index is 0.0249. The van der Waals surface area contributed by atoms with Gasteiger partial charge >= 0.3 is 0 Å². The highest BCUT2D eigenvalue weighted by atomic mass is 28.4. The quantitative estimate of drug-likeness (QED) is 0.192. The van der Waals surface area contributed by atoms with E-state index in [1.54, 1.807) is 0 Å². The number of hydrogen-bond donors (Lipinski definition) is 1. The minimum atomic E-state index is -2.63. The van der Waals surface area contributed by atoms with Gasteiger partial charge in [0, 0.05) is 18.9 Å². The lowest BCUT2D eigenvalue weighted by atomic mass is 9.69. The summed E-state index contributed by atoms with van der Waals surface area (Å²) < 4.78 is 27.1. The number of allylic oxidation sites excluding steroid dienone is 1. The van der Waals surface area contributed by atoms with Crippen LogP contribution in [0.1, 0.15) is 78.7 Å². The Morgan fingerprint density at radius 1 is 0.776 bits per heavy atom. The van der Waals surface area contributed by atoms with E-state index in [0.717, 1.165) is 31.4 Å². The van der Waals surface area contributed by atoms with Crippen LogP contribution in [0.15, 0.2) is 103 Å². The van der Waals surface area contributed by atoms with Crippen molar-refractivity contribution < 1.29 is 23.4 Å². The third kappa shape index (κ3) is 9.05. The number of aliphatic hydroxyl groups excluding tert-OH is 1. The van der Waals surface area contributed by atoms with Crippen molar-refractivity contribution >= 4 is 27.0 Å². The predicted octanol–water partition coefficient (Wildman–Crippen LogP) is 8.79. The topological polar surface area (TPSA) is 57.2 Å². The third-order valence-electron chi connectivity index (χ3n) is 10.3. The molecule has 0 aromatic heterocycles. The summed E-state index contributed by atoms with van der Waals surface area (Å²) in [6, 6.07) is 32.4. The van der Waals surface area contributed by atoms with Crippen molar-refractivity contribution in [1.29, 1.82) is 0 Å². The Balaban J connectivity index is 1.32. The molecule has 0 bridgehead atoms. The Morgan fingerprint density at radius 2 is 1.29 bits per heavy atom. The molecule has 0 saturated carbocycles. The van der Waals surface area contributed by atoms with Crippen LogP contribution in [0.25, 0.3) is 0 Å². The van der Waals surface area contributed by atoms with Crippen LogP contribution in [-0.4, -0.2) is 52.4 Å². The highest BCUT2D eigenvalue weighted by Gasteiger charge is 2.50. The fourth-order valence-electron chi connectivity index (χ4n) is 8.20. The van der Waals surface area contributed by atoms with E-state index in [1.165, 1.54) is 15.9 Å². The van der Waals surface area contributed by atoms with Crippen LogP contribution in [0.3, 0.4) is 0 Å². The van der Waals surface area contributed by atoms with E-state index in [1.807, 2.05) is 19.9 Å². The molecule has 0 radical (unpaired) electrons. The lowest BCUT2D eigenvalue weighted by molar-refractivity contribution is -0.302. The van der Waals surface area contributed by atoms with Gasteiger partial charge in [-0.25, -0.2) is 0 Å². The van der Waals surface area contributed by atoms with Gasteiger partial charge in [0.1, 0.15) is 0 Å². The SMILES string of the molecule is C[C@@H]1[C@H](CC[C@@H]2C[C@H](CCO[Si](c3ccccc3)(c3ccccc3)C(C)(C)C)OC(C)(C)O2)[C@@H](c2ccccc2)C(O[Si](C)(C)C)=C[C@@H]1O. The van der Waals surface area contributed by atoms with E-state index in [9.17, 15) is 5.11 Å². The molecule has 0 spiro atoms. The van der Waals surface area contributed by atoms with E-state index in [2.05, 4.69) is 138 Å². The number of rotatable bonds is 12. The van der Waals surface area contributed by atoms with Gasteiger partial charge in [-0.15, -0.1) is 0 Å². The molecule has 1 N–H and O–H groups in total. The Morgan fingerprint density at radius 3 is 1.80 bits per heavy atom. The zero-order valence-electron chi connectivity index (χ0n) is 31.3. The van der Waals surface area contributed by atoms with Crippen LogP contribution in [0, 0.1) is 11.8 Å². The first-order valence-electron chi connectivity index (χ1n) is 18.3. The van der Waals surface area contributed by atoms with E-state index in [0.29, 0.717) is 6.61 Å². The lowest BCUT2D eigenvalue weighted by Crippen LogP contribution is -2.66. The van der Waals surface area contributed by atoms with E-state index in [-0.39, 0.29) is 35.0 Å². The summed E-state index contributed by atoms with van der Waals surface area (Å²) in [6.45, 7) is 20.5. The van der Waals surface area contributed by atoms with E-state index in [4.69, 9.17) is 18.3 Å². The molecule has 3 aromatic carbocycles. The average Bonchev–Trinajstić information content (AvgIpc) is 3.03. The lowest BCUT2D eigenvalue weighted by Gasteiger charge is -2.45. The monoisotopic (exact) mass is 700 g/mol. The summed E-state index contributed by atoms with van der Waals surface area (Å²) in [7, 11) is -4.52. The van der Waals surface area contributed by atoms with Crippen molar-refractivity contribution in [2.24, 2.45) is 11.8 Å². The fourth-order valence-corrected chi connectivity index (χ4v) is 13.7. The van der Waals surface area contributed by atoms with Gasteiger partial charge < -0.3 is 23.4 Å². The third-order valence-corrected chi connectivity index (χ3v) is 16.2. The second kappa shape index (κ2) is 15.4. The van der Waals surface area contributed by atoms with Gasteiger partial charge in [0.2, 0.25) is 8.32 Å². The molecule has 266 valence electrons. The Hall–Kier alpha value is -2.53. The molecular formula is C42H60O5Si2. The highest BCUT2D eigenvalue weighted by Crippen LogP contribution is 2.46. The van der Waals surface area contributed by atoms with Crippen molar-refractivity contribution in [3.05, 3.63) is 108 Å².